The van der Waals surface area contributed by atoms with E-state index in [2.05, 4.69) is 15.3 Å². The molecular formula is C25H22F3N5O5. The number of ether oxygens (including phenoxy) is 2. The summed E-state index contributed by atoms with van der Waals surface area (Å²) in [5.41, 5.74) is -2.89. The quantitative estimate of drug-likeness (QED) is 0.303. The standard InChI is InChI=1S/C25H22F3N5O5/c1-4-38-19(34)12-30-24(25(26,27)28,22-31-16-6-5-14(11-29)10-17(16)32-22)20-15-7-8-33(23(35)36)21(15)13(2)9-18(20)37-3/h5-10,30H,4,12H2,1-3H3,(H,31,32)(H,35,36). The van der Waals surface area contributed by atoms with Crippen molar-refractivity contribution in [1.82, 2.24) is 19.9 Å². The summed E-state index contributed by atoms with van der Waals surface area (Å²) in [7, 11) is 1.18. The number of aryl methyl sites for hydroxylation is 1. The normalized spacial score (nSPS) is 13.3. The van der Waals surface area contributed by atoms with Crippen molar-refractivity contribution in [3.63, 3.8) is 0 Å². The third kappa shape index (κ3) is 4.18. The number of rotatable bonds is 7. The molecule has 4 rings (SSSR count). The number of carboxylic acid groups (broad SMARTS) is 1. The molecule has 38 heavy (non-hydrogen) atoms. The Morgan fingerprint density at radius 3 is 2.61 bits per heavy atom. The molecule has 1 unspecified atom stereocenters. The summed E-state index contributed by atoms with van der Waals surface area (Å²) in [5.74, 6) is -1.81. The maximum atomic E-state index is 15.5. The van der Waals surface area contributed by atoms with Crippen LogP contribution in [0.2, 0.25) is 0 Å². The SMILES string of the molecule is CCOC(=O)CNC(c1nc2cc(C#N)ccc2[nH]1)(c1c(OC)cc(C)c2c1ccn2C(=O)O)C(F)(F)F. The van der Waals surface area contributed by atoms with Gasteiger partial charge in [-0.3, -0.25) is 14.7 Å². The molecule has 0 amide bonds. The minimum atomic E-state index is -5.16. The molecule has 13 heteroatoms. The highest BCUT2D eigenvalue weighted by Gasteiger charge is 2.61. The highest BCUT2D eigenvalue weighted by Crippen LogP contribution is 2.50. The van der Waals surface area contributed by atoms with E-state index >= 15 is 13.2 Å². The van der Waals surface area contributed by atoms with Crippen LogP contribution in [0.3, 0.4) is 0 Å². The average molecular weight is 529 g/mol. The van der Waals surface area contributed by atoms with Crippen molar-refractivity contribution in [3.05, 3.63) is 59.0 Å². The molecular weight excluding hydrogens is 507 g/mol. The average Bonchev–Trinajstić information content (AvgIpc) is 3.49. The van der Waals surface area contributed by atoms with Crippen LogP contribution < -0.4 is 10.1 Å². The first-order valence-corrected chi connectivity index (χ1v) is 11.3. The van der Waals surface area contributed by atoms with Gasteiger partial charge in [-0.15, -0.1) is 0 Å². The minimum Gasteiger partial charge on any atom is -0.496 e. The fourth-order valence-corrected chi connectivity index (χ4v) is 4.55. The molecule has 4 aromatic rings. The zero-order chi connectivity index (χ0) is 27.8. The number of carbonyl (C=O) groups is 2. The Kier molecular flexibility index (Phi) is 6.77. The Bertz CT molecular complexity index is 1600. The zero-order valence-electron chi connectivity index (χ0n) is 20.4. The van der Waals surface area contributed by atoms with Gasteiger partial charge in [0.05, 0.1) is 48.4 Å². The van der Waals surface area contributed by atoms with E-state index in [0.717, 1.165) is 10.8 Å². The van der Waals surface area contributed by atoms with Crippen LogP contribution in [0.15, 0.2) is 36.5 Å². The smallest absolute Gasteiger partial charge is 0.418 e. The predicted molar refractivity (Wildman–Crippen MR) is 129 cm³/mol. The van der Waals surface area contributed by atoms with Crippen molar-refractivity contribution >= 4 is 34.0 Å². The van der Waals surface area contributed by atoms with Crippen LogP contribution >= 0.6 is 0 Å². The maximum absolute atomic E-state index is 15.5. The first kappa shape index (κ1) is 26.5. The lowest BCUT2D eigenvalue weighted by molar-refractivity contribution is -0.190. The highest BCUT2D eigenvalue weighted by molar-refractivity contribution is 5.96. The third-order valence-electron chi connectivity index (χ3n) is 6.12. The van der Waals surface area contributed by atoms with E-state index in [1.165, 1.54) is 44.4 Å². The summed E-state index contributed by atoms with van der Waals surface area (Å²) in [6.45, 7) is 2.13. The molecule has 0 saturated carbocycles. The van der Waals surface area contributed by atoms with Crippen molar-refractivity contribution in [2.45, 2.75) is 25.6 Å². The number of esters is 1. The third-order valence-corrected chi connectivity index (χ3v) is 6.12. The summed E-state index contributed by atoms with van der Waals surface area (Å²) in [6, 6.07) is 8.60. The van der Waals surface area contributed by atoms with E-state index in [4.69, 9.17) is 9.47 Å². The molecule has 1 atom stereocenters. The van der Waals surface area contributed by atoms with Gasteiger partial charge in [0.15, 0.2) is 0 Å². The van der Waals surface area contributed by atoms with Crippen molar-refractivity contribution < 1.29 is 37.3 Å². The van der Waals surface area contributed by atoms with E-state index in [0.29, 0.717) is 5.56 Å². The molecule has 0 saturated heterocycles. The molecule has 10 nitrogen and oxygen atoms in total. The fourth-order valence-electron chi connectivity index (χ4n) is 4.55. The number of carbonyl (C=O) groups excluding carboxylic acids is 1. The van der Waals surface area contributed by atoms with Gasteiger partial charge in [-0.1, -0.05) is 0 Å². The Hall–Kier alpha value is -4.57. The summed E-state index contributed by atoms with van der Waals surface area (Å²) in [4.78, 5) is 31.0. The van der Waals surface area contributed by atoms with E-state index < -0.39 is 41.7 Å². The Morgan fingerprint density at radius 2 is 2.00 bits per heavy atom. The van der Waals surface area contributed by atoms with Crippen molar-refractivity contribution in [1.29, 1.82) is 5.26 Å². The van der Waals surface area contributed by atoms with Gasteiger partial charge in [-0.05, 0) is 49.7 Å². The zero-order valence-corrected chi connectivity index (χ0v) is 20.4. The van der Waals surface area contributed by atoms with Crippen molar-refractivity contribution in [2.75, 3.05) is 20.3 Å². The monoisotopic (exact) mass is 529 g/mol. The molecule has 0 fully saturated rings. The van der Waals surface area contributed by atoms with E-state index in [-0.39, 0.29) is 39.9 Å². The van der Waals surface area contributed by atoms with Crippen LogP contribution in [0.5, 0.6) is 5.75 Å². The Morgan fingerprint density at radius 1 is 1.26 bits per heavy atom. The molecule has 3 N–H and O–H groups in total. The molecule has 0 bridgehead atoms. The number of imidazole rings is 1. The molecule has 198 valence electrons. The van der Waals surface area contributed by atoms with Crippen LogP contribution in [-0.2, 0) is 15.1 Å². The first-order valence-electron chi connectivity index (χ1n) is 11.3. The topological polar surface area (TPSA) is 142 Å². The van der Waals surface area contributed by atoms with E-state index in [1.54, 1.807) is 6.92 Å². The number of alkyl halides is 3. The molecule has 0 radical (unpaired) electrons. The van der Waals surface area contributed by atoms with E-state index in [9.17, 15) is 20.0 Å². The molecule has 0 aliphatic heterocycles. The number of aromatic nitrogens is 3. The number of methoxy groups -OCH3 is 1. The maximum Gasteiger partial charge on any atom is 0.418 e. The van der Waals surface area contributed by atoms with Crippen LogP contribution in [0, 0.1) is 18.3 Å². The van der Waals surface area contributed by atoms with E-state index in [1.807, 2.05) is 6.07 Å². The fraction of sp³-hybridized carbons (Fsp3) is 0.280. The molecule has 0 spiro atoms. The number of hydrogen-bond donors (Lipinski definition) is 3. The first-order chi connectivity index (χ1) is 18.0. The van der Waals surface area contributed by atoms with Gasteiger partial charge >= 0.3 is 18.2 Å². The van der Waals surface area contributed by atoms with Crippen LogP contribution in [0.1, 0.15) is 29.4 Å². The van der Waals surface area contributed by atoms with Gasteiger partial charge in [0.2, 0.25) is 5.54 Å². The molecule has 2 aromatic heterocycles. The summed E-state index contributed by atoms with van der Waals surface area (Å²) >= 11 is 0. The van der Waals surface area contributed by atoms with Gasteiger partial charge < -0.3 is 19.6 Å². The minimum absolute atomic E-state index is 0.00253. The number of halogens is 3. The number of hydrogen-bond acceptors (Lipinski definition) is 7. The molecule has 2 heterocycles. The van der Waals surface area contributed by atoms with Crippen LogP contribution in [0.25, 0.3) is 21.9 Å². The lowest BCUT2D eigenvalue weighted by atomic mass is 9.84. The molecule has 2 aromatic carbocycles. The number of nitrogens with one attached hydrogen (secondary N) is 2. The summed E-state index contributed by atoms with van der Waals surface area (Å²) in [6.07, 6.45) is -5.43. The Balaban J connectivity index is 2.15. The van der Waals surface area contributed by atoms with Gasteiger partial charge in [0, 0.05) is 17.1 Å². The highest BCUT2D eigenvalue weighted by atomic mass is 19.4. The second kappa shape index (κ2) is 9.71. The summed E-state index contributed by atoms with van der Waals surface area (Å²) < 4.78 is 57.4. The van der Waals surface area contributed by atoms with Gasteiger partial charge in [0.25, 0.3) is 0 Å². The van der Waals surface area contributed by atoms with Crippen molar-refractivity contribution in [2.24, 2.45) is 0 Å². The number of aromatic amines is 1. The number of fused-ring (bicyclic) bond motifs is 2. The van der Waals surface area contributed by atoms with Crippen LogP contribution in [-0.4, -0.2) is 58.1 Å². The lowest BCUT2D eigenvalue weighted by Gasteiger charge is -2.36. The molecule has 0 aliphatic carbocycles. The van der Waals surface area contributed by atoms with Crippen LogP contribution in [0.4, 0.5) is 18.0 Å². The van der Waals surface area contributed by atoms with Crippen molar-refractivity contribution in [3.8, 4) is 11.8 Å². The second-order valence-electron chi connectivity index (χ2n) is 8.34. The summed E-state index contributed by atoms with van der Waals surface area (Å²) in [5, 5.41) is 21.1. The largest absolute Gasteiger partial charge is 0.496 e. The number of benzene rings is 2. The predicted octanol–water partition coefficient (Wildman–Crippen LogP) is 4.19. The van der Waals surface area contributed by atoms with Gasteiger partial charge in [-0.2, -0.15) is 18.4 Å². The number of nitrogens with zero attached hydrogens (tertiary/aromatic N) is 3. The van der Waals surface area contributed by atoms with Gasteiger partial charge in [-0.25, -0.2) is 9.78 Å². The molecule has 0 aliphatic rings. The number of H-pyrrole nitrogens is 1. The lowest BCUT2D eigenvalue weighted by Crippen LogP contribution is -2.57. The van der Waals surface area contributed by atoms with Gasteiger partial charge in [0.1, 0.15) is 11.6 Å². The Labute approximate surface area is 213 Å². The second-order valence-corrected chi connectivity index (χ2v) is 8.34. The number of nitriles is 1.